The van der Waals surface area contributed by atoms with Crippen molar-refractivity contribution in [1.29, 1.82) is 0 Å². The minimum absolute atomic E-state index is 0.0182. The standard InChI is InChI=1S/C19H30N4O/c1-22-11-9-20-18(19(22)24)23-10-3-6-17(13-23)21-16-5-2-4-15(12-16)14-7-8-14/h9,11,14-17,21H,2-8,10,12-13H2,1H3/t15-,16+,17+/m1/s1. The van der Waals surface area contributed by atoms with Crippen LogP contribution >= 0.6 is 0 Å². The molecule has 4 rings (SSSR count). The van der Waals surface area contributed by atoms with Gasteiger partial charge in [0.15, 0.2) is 5.82 Å². The molecule has 0 amide bonds. The molecule has 3 fully saturated rings. The predicted molar refractivity (Wildman–Crippen MR) is 96.3 cm³/mol. The van der Waals surface area contributed by atoms with Gasteiger partial charge in [-0.25, -0.2) is 4.98 Å². The fraction of sp³-hybridized carbons (Fsp3) is 0.789. The van der Waals surface area contributed by atoms with E-state index in [9.17, 15) is 4.79 Å². The van der Waals surface area contributed by atoms with Gasteiger partial charge in [0.2, 0.25) is 0 Å². The highest BCUT2D eigenvalue weighted by Gasteiger charge is 2.35. The third kappa shape index (κ3) is 3.51. The van der Waals surface area contributed by atoms with Crippen molar-refractivity contribution in [3.63, 3.8) is 0 Å². The summed E-state index contributed by atoms with van der Waals surface area (Å²) in [7, 11) is 1.80. The summed E-state index contributed by atoms with van der Waals surface area (Å²) in [5.74, 6) is 2.62. The number of anilines is 1. The van der Waals surface area contributed by atoms with E-state index in [0.717, 1.165) is 31.3 Å². The molecule has 0 radical (unpaired) electrons. The lowest BCUT2D eigenvalue weighted by atomic mass is 9.82. The van der Waals surface area contributed by atoms with E-state index < -0.39 is 0 Å². The summed E-state index contributed by atoms with van der Waals surface area (Å²) in [6, 6.07) is 1.18. The average molecular weight is 330 g/mol. The first-order valence-electron chi connectivity index (χ1n) is 9.73. The molecular weight excluding hydrogens is 300 g/mol. The number of nitrogens with zero attached hydrogens (tertiary/aromatic N) is 3. The van der Waals surface area contributed by atoms with Gasteiger partial charge in [0, 0.05) is 44.6 Å². The van der Waals surface area contributed by atoms with Crippen molar-refractivity contribution >= 4 is 5.82 Å². The molecular formula is C19H30N4O. The second-order valence-electron chi connectivity index (χ2n) is 8.08. The van der Waals surface area contributed by atoms with Crippen LogP contribution in [-0.4, -0.2) is 34.7 Å². The van der Waals surface area contributed by atoms with Crippen LogP contribution in [0.1, 0.15) is 51.4 Å². The van der Waals surface area contributed by atoms with Gasteiger partial charge in [-0.3, -0.25) is 4.79 Å². The molecule has 0 spiro atoms. The van der Waals surface area contributed by atoms with Crippen molar-refractivity contribution in [2.24, 2.45) is 18.9 Å². The minimum Gasteiger partial charge on any atom is -0.350 e. The van der Waals surface area contributed by atoms with Gasteiger partial charge in [-0.2, -0.15) is 0 Å². The van der Waals surface area contributed by atoms with E-state index in [1.54, 1.807) is 24.0 Å². The van der Waals surface area contributed by atoms with Gasteiger partial charge < -0.3 is 14.8 Å². The summed E-state index contributed by atoms with van der Waals surface area (Å²) in [6.07, 6.45) is 14.3. The van der Waals surface area contributed by atoms with Crippen LogP contribution in [0.5, 0.6) is 0 Å². The van der Waals surface area contributed by atoms with E-state index in [1.165, 1.54) is 44.9 Å². The van der Waals surface area contributed by atoms with E-state index in [4.69, 9.17) is 0 Å². The zero-order valence-electron chi connectivity index (χ0n) is 14.8. The molecule has 2 aliphatic carbocycles. The van der Waals surface area contributed by atoms with Crippen molar-refractivity contribution in [3.05, 3.63) is 22.7 Å². The Morgan fingerprint density at radius 2 is 1.92 bits per heavy atom. The molecule has 132 valence electrons. The number of hydrogen-bond acceptors (Lipinski definition) is 4. The van der Waals surface area contributed by atoms with E-state index in [0.29, 0.717) is 17.9 Å². The highest BCUT2D eigenvalue weighted by molar-refractivity contribution is 5.36. The lowest BCUT2D eigenvalue weighted by molar-refractivity contribution is 0.238. The Bertz CT molecular complexity index is 624. The molecule has 0 bridgehead atoms. The lowest BCUT2D eigenvalue weighted by Gasteiger charge is -2.38. The molecule has 3 aliphatic rings. The molecule has 2 saturated carbocycles. The smallest absolute Gasteiger partial charge is 0.293 e. The Labute approximate surface area is 144 Å². The molecule has 24 heavy (non-hydrogen) atoms. The second kappa shape index (κ2) is 6.87. The van der Waals surface area contributed by atoms with Gasteiger partial charge in [0.25, 0.3) is 5.56 Å². The zero-order valence-corrected chi connectivity index (χ0v) is 14.8. The van der Waals surface area contributed by atoms with Gasteiger partial charge in [-0.15, -0.1) is 0 Å². The molecule has 5 heteroatoms. The molecule has 5 nitrogen and oxygen atoms in total. The van der Waals surface area contributed by atoms with Crippen molar-refractivity contribution in [2.45, 2.75) is 63.5 Å². The van der Waals surface area contributed by atoms with E-state index >= 15 is 0 Å². The number of piperidine rings is 1. The Morgan fingerprint density at radius 1 is 1.08 bits per heavy atom. The van der Waals surface area contributed by atoms with Crippen LogP contribution in [0.25, 0.3) is 0 Å². The molecule has 3 atom stereocenters. The number of hydrogen-bond donors (Lipinski definition) is 1. The lowest BCUT2D eigenvalue weighted by Crippen LogP contribution is -2.51. The van der Waals surface area contributed by atoms with Gasteiger partial charge in [-0.05, 0) is 50.4 Å². The number of aryl methyl sites for hydroxylation is 1. The van der Waals surface area contributed by atoms with Crippen molar-refractivity contribution in [2.75, 3.05) is 18.0 Å². The molecule has 1 aromatic rings. The fourth-order valence-corrected chi connectivity index (χ4v) is 4.72. The molecule has 1 aliphatic heterocycles. The molecule has 1 N–H and O–H groups in total. The average Bonchev–Trinajstić information content (AvgIpc) is 3.43. The van der Waals surface area contributed by atoms with Crippen LogP contribution in [0.15, 0.2) is 17.2 Å². The van der Waals surface area contributed by atoms with Crippen LogP contribution < -0.4 is 15.8 Å². The summed E-state index contributed by atoms with van der Waals surface area (Å²) >= 11 is 0. The molecule has 1 saturated heterocycles. The fourth-order valence-electron chi connectivity index (χ4n) is 4.72. The van der Waals surface area contributed by atoms with Crippen LogP contribution in [0.4, 0.5) is 5.82 Å². The first-order valence-corrected chi connectivity index (χ1v) is 9.73. The normalized spacial score (nSPS) is 31.2. The van der Waals surface area contributed by atoms with Crippen molar-refractivity contribution < 1.29 is 0 Å². The van der Waals surface area contributed by atoms with Gasteiger partial charge in [0.1, 0.15) is 0 Å². The molecule has 2 heterocycles. The Kier molecular flexibility index (Phi) is 4.61. The van der Waals surface area contributed by atoms with E-state index in [-0.39, 0.29) is 5.56 Å². The predicted octanol–water partition coefficient (Wildman–Crippen LogP) is 2.31. The Balaban J connectivity index is 1.38. The molecule has 0 aromatic carbocycles. The van der Waals surface area contributed by atoms with E-state index in [1.807, 2.05) is 0 Å². The maximum Gasteiger partial charge on any atom is 0.293 e. The summed E-state index contributed by atoms with van der Waals surface area (Å²) in [6.45, 7) is 1.86. The highest BCUT2D eigenvalue weighted by Crippen LogP contribution is 2.44. The minimum atomic E-state index is 0.0182. The van der Waals surface area contributed by atoms with Crippen LogP contribution in [0.2, 0.25) is 0 Å². The number of rotatable bonds is 4. The Morgan fingerprint density at radius 3 is 2.75 bits per heavy atom. The maximum absolute atomic E-state index is 12.3. The topological polar surface area (TPSA) is 50.2 Å². The number of aromatic nitrogens is 2. The second-order valence-corrected chi connectivity index (χ2v) is 8.08. The molecule has 1 aromatic heterocycles. The summed E-state index contributed by atoms with van der Waals surface area (Å²) in [4.78, 5) is 18.9. The third-order valence-electron chi connectivity index (χ3n) is 6.19. The van der Waals surface area contributed by atoms with Gasteiger partial charge >= 0.3 is 0 Å². The van der Waals surface area contributed by atoms with Crippen molar-refractivity contribution in [1.82, 2.24) is 14.9 Å². The maximum atomic E-state index is 12.3. The molecule has 0 unspecified atom stereocenters. The SMILES string of the molecule is Cn1ccnc(N2CCC[C@H](N[C@H]3CCC[C@@H](C4CC4)C3)C2)c1=O. The monoisotopic (exact) mass is 330 g/mol. The zero-order chi connectivity index (χ0) is 16.5. The summed E-state index contributed by atoms with van der Waals surface area (Å²) in [5.41, 5.74) is 0.0182. The highest BCUT2D eigenvalue weighted by atomic mass is 16.1. The first-order chi connectivity index (χ1) is 11.7. The Hall–Kier alpha value is -1.36. The first kappa shape index (κ1) is 16.1. The third-order valence-corrected chi connectivity index (χ3v) is 6.19. The van der Waals surface area contributed by atoms with Crippen LogP contribution in [0, 0.1) is 11.8 Å². The van der Waals surface area contributed by atoms with Crippen LogP contribution in [-0.2, 0) is 7.05 Å². The van der Waals surface area contributed by atoms with Crippen LogP contribution in [0.3, 0.4) is 0 Å². The number of nitrogens with one attached hydrogen (secondary N) is 1. The summed E-state index contributed by atoms with van der Waals surface area (Å²) in [5, 5.41) is 3.93. The quantitative estimate of drug-likeness (QED) is 0.920. The summed E-state index contributed by atoms with van der Waals surface area (Å²) < 4.78 is 1.63. The largest absolute Gasteiger partial charge is 0.350 e. The van der Waals surface area contributed by atoms with E-state index in [2.05, 4.69) is 15.2 Å². The van der Waals surface area contributed by atoms with Gasteiger partial charge in [0.05, 0.1) is 0 Å². The van der Waals surface area contributed by atoms with Crippen molar-refractivity contribution in [3.8, 4) is 0 Å². The van der Waals surface area contributed by atoms with Gasteiger partial charge in [-0.1, -0.05) is 12.8 Å².